The summed E-state index contributed by atoms with van der Waals surface area (Å²) in [4.78, 5) is 28.1. The van der Waals surface area contributed by atoms with E-state index in [1.54, 1.807) is 0 Å². The molecule has 0 aliphatic carbocycles. The molecule has 1 aliphatic heterocycles. The number of aryl methyl sites for hydroxylation is 1. The number of benzene rings is 2. The molecule has 2 N–H and O–H groups in total. The van der Waals surface area contributed by atoms with Crippen molar-refractivity contribution in [3.05, 3.63) is 59.2 Å². The zero-order valence-electron chi connectivity index (χ0n) is 20.5. The monoisotopic (exact) mass is 449 g/mol. The molecule has 33 heavy (non-hydrogen) atoms. The minimum absolute atomic E-state index is 0.0882. The largest absolute Gasteiger partial charge is 0.371 e. The Balaban J connectivity index is 1.71. The van der Waals surface area contributed by atoms with Crippen LogP contribution in [0.3, 0.4) is 0 Å². The Morgan fingerprint density at radius 2 is 1.67 bits per heavy atom. The van der Waals surface area contributed by atoms with Crippen LogP contribution in [0.1, 0.15) is 92.0 Å². The molecule has 1 unspecified atom stereocenters. The summed E-state index contributed by atoms with van der Waals surface area (Å²) >= 11 is 0. The summed E-state index contributed by atoms with van der Waals surface area (Å²) in [6.07, 6.45) is 9.14. The van der Waals surface area contributed by atoms with Crippen LogP contribution in [0.15, 0.2) is 42.5 Å². The van der Waals surface area contributed by atoms with E-state index in [0.29, 0.717) is 16.8 Å². The van der Waals surface area contributed by atoms with Crippen molar-refractivity contribution in [3.8, 4) is 0 Å². The lowest BCUT2D eigenvalue weighted by Gasteiger charge is -2.23. The number of nitrogens with zero attached hydrogens (tertiary/aromatic N) is 1. The number of amides is 2. The molecule has 2 aromatic rings. The Kier molecular flexibility index (Phi) is 9.35. The molecular formula is C28H39N3O2. The molecule has 1 heterocycles. The van der Waals surface area contributed by atoms with Gasteiger partial charge < -0.3 is 15.5 Å². The average molecular weight is 450 g/mol. The first-order valence-electron chi connectivity index (χ1n) is 12.6. The summed E-state index contributed by atoms with van der Waals surface area (Å²) in [5.41, 5.74) is 4.10. The highest BCUT2D eigenvalue weighted by atomic mass is 16.2. The second-order valence-electron chi connectivity index (χ2n) is 9.17. The van der Waals surface area contributed by atoms with Crippen LogP contribution in [0.5, 0.6) is 0 Å². The molecule has 2 aromatic carbocycles. The molecule has 1 atom stereocenters. The SMILES string of the molecule is CCCCCCc1ccc(C(=O)Nc2ccc(N3CCCC3)c(C(=O)NC(C)CC)c2)cc1. The van der Waals surface area contributed by atoms with Gasteiger partial charge in [-0.1, -0.05) is 45.2 Å². The van der Waals surface area contributed by atoms with Gasteiger partial charge in [0, 0.05) is 36.1 Å². The van der Waals surface area contributed by atoms with Gasteiger partial charge in [-0.05, 0) is 74.9 Å². The zero-order chi connectivity index (χ0) is 23.6. The third-order valence-electron chi connectivity index (χ3n) is 6.47. The molecular weight excluding hydrogens is 410 g/mol. The van der Waals surface area contributed by atoms with Gasteiger partial charge in [-0.15, -0.1) is 0 Å². The van der Waals surface area contributed by atoms with Crippen LogP contribution in [-0.4, -0.2) is 30.9 Å². The molecule has 0 spiro atoms. The van der Waals surface area contributed by atoms with Crippen LogP contribution in [0.2, 0.25) is 0 Å². The van der Waals surface area contributed by atoms with Crippen molar-refractivity contribution in [2.24, 2.45) is 0 Å². The van der Waals surface area contributed by atoms with Crippen LogP contribution in [0.25, 0.3) is 0 Å². The summed E-state index contributed by atoms with van der Waals surface area (Å²) in [5, 5.41) is 6.05. The zero-order valence-corrected chi connectivity index (χ0v) is 20.5. The van der Waals surface area contributed by atoms with Gasteiger partial charge in [-0.3, -0.25) is 9.59 Å². The quantitative estimate of drug-likeness (QED) is 0.402. The second-order valence-corrected chi connectivity index (χ2v) is 9.17. The highest BCUT2D eigenvalue weighted by Gasteiger charge is 2.21. The molecule has 1 aliphatic rings. The third kappa shape index (κ3) is 7.08. The number of hydrogen-bond donors (Lipinski definition) is 2. The molecule has 1 fully saturated rings. The van der Waals surface area contributed by atoms with Crippen molar-refractivity contribution in [1.82, 2.24) is 5.32 Å². The van der Waals surface area contributed by atoms with Crippen molar-refractivity contribution in [2.75, 3.05) is 23.3 Å². The topological polar surface area (TPSA) is 61.4 Å². The summed E-state index contributed by atoms with van der Waals surface area (Å²) in [6.45, 7) is 8.20. The Morgan fingerprint density at radius 3 is 2.33 bits per heavy atom. The van der Waals surface area contributed by atoms with Gasteiger partial charge in [0.15, 0.2) is 0 Å². The number of hydrogen-bond acceptors (Lipinski definition) is 3. The Bertz CT molecular complexity index is 917. The maximum absolute atomic E-state index is 13.0. The molecule has 0 bridgehead atoms. The fourth-order valence-electron chi connectivity index (χ4n) is 4.22. The Labute approximate surface area is 199 Å². The molecule has 178 valence electrons. The molecule has 0 radical (unpaired) electrons. The number of rotatable bonds is 11. The van der Waals surface area contributed by atoms with Crippen LogP contribution in [0, 0.1) is 0 Å². The van der Waals surface area contributed by atoms with Gasteiger partial charge in [-0.25, -0.2) is 0 Å². The van der Waals surface area contributed by atoms with Gasteiger partial charge in [0.1, 0.15) is 0 Å². The predicted molar refractivity (Wildman–Crippen MR) is 137 cm³/mol. The molecule has 3 rings (SSSR count). The van der Waals surface area contributed by atoms with E-state index >= 15 is 0 Å². The minimum Gasteiger partial charge on any atom is -0.371 e. The van der Waals surface area contributed by atoms with E-state index < -0.39 is 0 Å². The van der Waals surface area contributed by atoms with Gasteiger partial charge >= 0.3 is 0 Å². The lowest BCUT2D eigenvalue weighted by Crippen LogP contribution is -2.33. The highest BCUT2D eigenvalue weighted by Crippen LogP contribution is 2.28. The van der Waals surface area contributed by atoms with Gasteiger partial charge in [0.05, 0.1) is 5.56 Å². The smallest absolute Gasteiger partial charge is 0.255 e. The van der Waals surface area contributed by atoms with Crippen LogP contribution in [0.4, 0.5) is 11.4 Å². The lowest BCUT2D eigenvalue weighted by atomic mass is 10.0. The molecule has 5 heteroatoms. The normalized spacial score (nSPS) is 14.2. The van der Waals surface area contributed by atoms with Gasteiger partial charge in [0.25, 0.3) is 11.8 Å². The van der Waals surface area contributed by atoms with E-state index in [1.807, 2.05) is 49.4 Å². The molecule has 5 nitrogen and oxygen atoms in total. The molecule has 1 saturated heterocycles. The van der Waals surface area contributed by atoms with E-state index in [9.17, 15) is 9.59 Å². The molecule has 2 amide bonds. The first-order chi connectivity index (χ1) is 16.0. The summed E-state index contributed by atoms with van der Waals surface area (Å²) in [7, 11) is 0. The third-order valence-corrected chi connectivity index (χ3v) is 6.47. The van der Waals surface area contributed by atoms with Crippen molar-refractivity contribution < 1.29 is 9.59 Å². The van der Waals surface area contributed by atoms with E-state index in [-0.39, 0.29) is 17.9 Å². The van der Waals surface area contributed by atoms with Gasteiger partial charge in [-0.2, -0.15) is 0 Å². The highest BCUT2D eigenvalue weighted by molar-refractivity contribution is 6.06. The first-order valence-corrected chi connectivity index (χ1v) is 12.6. The van der Waals surface area contributed by atoms with Crippen molar-refractivity contribution in [1.29, 1.82) is 0 Å². The number of carbonyl (C=O) groups excluding carboxylic acids is 2. The molecule has 0 saturated carbocycles. The Hall–Kier alpha value is -2.82. The lowest BCUT2D eigenvalue weighted by molar-refractivity contribution is 0.0938. The molecule has 0 aromatic heterocycles. The van der Waals surface area contributed by atoms with Crippen LogP contribution in [-0.2, 0) is 6.42 Å². The second kappa shape index (κ2) is 12.4. The van der Waals surface area contributed by atoms with Crippen LogP contribution >= 0.6 is 0 Å². The van der Waals surface area contributed by atoms with E-state index in [4.69, 9.17) is 0 Å². The van der Waals surface area contributed by atoms with Crippen LogP contribution < -0.4 is 15.5 Å². The maximum atomic E-state index is 13.0. The van der Waals surface area contributed by atoms with E-state index in [1.165, 1.54) is 31.2 Å². The summed E-state index contributed by atoms with van der Waals surface area (Å²) < 4.78 is 0. The standard InChI is InChI=1S/C28H39N3O2/c1-4-6-7-8-11-22-12-14-23(15-13-22)27(32)30-24-16-17-26(31-18-9-10-19-31)25(20-24)28(33)29-21(3)5-2/h12-17,20-21H,4-11,18-19H2,1-3H3,(H,29,33)(H,30,32). The van der Waals surface area contributed by atoms with E-state index in [0.717, 1.165) is 44.5 Å². The van der Waals surface area contributed by atoms with E-state index in [2.05, 4.69) is 29.4 Å². The maximum Gasteiger partial charge on any atom is 0.255 e. The van der Waals surface area contributed by atoms with Gasteiger partial charge in [0.2, 0.25) is 0 Å². The summed E-state index contributed by atoms with van der Waals surface area (Å²) in [6, 6.07) is 13.6. The number of carbonyl (C=O) groups is 2. The fraction of sp³-hybridized carbons (Fsp3) is 0.500. The Morgan fingerprint density at radius 1 is 0.939 bits per heavy atom. The average Bonchev–Trinajstić information content (AvgIpc) is 3.37. The number of nitrogens with one attached hydrogen (secondary N) is 2. The van der Waals surface area contributed by atoms with Crippen molar-refractivity contribution in [3.63, 3.8) is 0 Å². The number of anilines is 2. The summed E-state index contributed by atoms with van der Waals surface area (Å²) in [5.74, 6) is -0.246. The predicted octanol–water partition coefficient (Wildman–Crippen LogP) is 6.19. The first kappa shape index (κ1) is 24.8. The van der Waals surface area contributed by atoms with Crippen molar-refractivity contribution >= 4 is 23.2 Å². The minimum atomic E-state index is -0.158. The number of unbranched alkanes of at least 4 members (excludes halogenated alkanes) is 3. The van der Waals surface area contributed by atoms with Crippen molar-refractivity contribution in [2.45, 2.75) is 78.2 Å². The fourth-order valence-corrected chi connectivity index (χ4v) is 4.22.